The van der Waals surface area contributed by atoms with E-state index in [-0.39, 0.29) is 12.0 Å². The summed E-state index contributed by atoms with van der Waals surface area (Å²) in [5.74, 6) is -0.220. The van der Waals surface area contributed by atoms with E-state index in [4.69, 9.17) is 16.3 Å². The standard InChI is InChI=1S/C21H27ClN4O3/c1-21(2,3)29-20(28)26-11-9-16-17(10-12-26)25(4)24-18(16)19(27)23-13-14-5-7-15(22)8-6-14/h5-8H,9-13H2,1-4H3,(H,23,27). The van der Waals surface area contributed by atoms with Crippen LogP contribution in [0, 0.1) is 0 Å². The number of ether oxygens (including phenoxy) is 1. The Balaban J connectivity index is 1.69. The second-order valence-corrected chi connectivity index (χ2v) is 8.61. The minimum absolute atomic E-state index is 0.220. The number of carbonyl (C=O) groups excluding carboxylic acids is 2. The molecule has 1 aromatic heterocycles. The molecule has 7 nitrogen and oxygen atoms in total. The van der Waals surface area contributed by atoms with Crippen molar-refractivity contribution in [2.24, 2.45) is 7.05 Å². The molecule has 8 heteroatoms. The van der Waals surface area contributed by atoms with Crippen molar-refractivity contribution < 1.29 is 14.3 Å². The third-order valence-electron chi connectivity index (χ3n) is 4.76. The third-order valence-corrected chi connectivity index (χ3v) is 5.01. The molecule has 0 atom stereocenters. The molecule has 1 aliphatic heterocycles. The zero-order chi connectivity index (χ0) is 21.2. The maximum atomic E-state index is 12.8. The van der Waals surface area contributed by atoms with E-state index in [1.54, 1.807) is 21.7 Å². The fraction of sp³-hybridized carbons (Fsp3) is 0.476. The number of carbonyl (C=O) groups is 2. The number of aryl methyl sites for hydroxylation is 1. The van der Waals surface area contributed by atoms with Gasteiger partial charge in [0.15, 0.2) is 5.69 Å². The van der Waals surface area contributed by atoms with Crippen molar-refractivity contribution in [2.45, 2.75) is 45.8 Å². The van der Waals surface area contributed by atoms with E-state index in [1.807, 2.05) is 40.0 Å². The predicted octanol–water partition coefficient (Wildman–Crippen LogP) is 3.34. The smallest absolute Gasteiger partial charge is 0.410 e. The summed E-state index contributed by atoms with van der Waals surface area (Å²) in [6, 6.07) is 7.34. The summed E-state index contributed by atoms with van der Waals surface area (Å²) in [6.07, 6.45) is 0.862. The average Bonchev–Trinajstić information content (AvgIpc) is 2.82. The van der Waals surface area contributed by atoms with Gasteiger partial charge in [0.25, 0.3) is 5.91 Å². The lowest BCUT2D eigenvalue weighted by molar-refractivity contribution is 0.0258. The van der Waals surface area contributed by atoms with Crippen LogP contribution in [0.15, 0.2) is 24.3 Å². The second kappa shape index (κ2) is 8.45. The molecule has 2 aromatic rings. The highest BCUT2D eigenvalue weighted by Crippen LogP contribution is 2.21. The van der Waals surface area contributed by atoms with E-state index in [9.17, 15) is 9.59 Å². The normalized spacial score (nSPS) is 14.2. The Morgan fingerprint density at radius 2 is 1.83 bits per heavy atom. The molecule has 0 unspecified atom stereocenters. The minimum Gasteiger partial charge on any atom is -0.444 e. The molecule has 3 rings (SSSR count). The summed E-state index contributed by atoms with van der Waals surface area (Å²) >= 11 is 5.90. The van der Waals surface area contributed by atoms with Crippen molar-refractivity contribution in [3.8, 4) is 0 Å². The molecule has 2 amide bonds. The van der Waals surface area contributed by atoms with Crippen molar-refractivity contribution in [2.75, 3.05) is 13.1 Å². The molecule has 0 saturated heterocycles. The Morgan fingerprint density at radius 3 is 2.48 bits per heavy atom. The summed E-state index contributed by atoms with van der Waals surface area (Å²) < 4.78 is 7.23. The number of hydrogen-bond acceptors (Lipinski definition) is 4. The Labute approximate surface area is 176 Å². The predicted molar refractivity (Wildman–Crippen MR) is 111 cm³/mol. The highest BCUT2D eigenvalue weighted by molar-refractivity contribution is 6.30. The number of benzene rings is 1. The lowest BCUT2D eigenvalue weighted by atomic mass is 10.1. The number of amides is 2. The van der Waals surface area contributed by atoms with Crippen molar-refractivity contribution >= 4 is 23.6 Å². The molecule has 1 aliphatic rings. The summed E-state index contributed by atoms with van der Waals surface area (Å²) in [4.78, 5) is 26.9. The van der Waals surface area contributed by atoms with Crippen LogP contribution in [0.1, 0.15) is 48.1 Å². The van der Waals surface area contributed by atoms with Crippen LogP contribution < -0.4 is 5.32 Å². The lowest BCUT2D eigenvalue weighted by Crippen LogP contribution is -2.38. The topological polar surface area (TPSA) is 76.5 Å². The van der Waals surface area contributed by atoms with Crippen LogP contribution >= 0.6 is 11.6 Å². The van der Waals surface area contributed by atoms with E-state index >= 15 is 0 Å². The highest BCUT2D eigenvalue weighted by Gasteiger charge is 2.28. The van der Waals surface area contributed by atoms with Crippen LogP contribution in [0.25, 0.3) is 0 Å². The molecule has 0 aliphatic carbocycles. The van der Waals surface area contributed by atoms with Gasteiger partial charge >= 0.3 is 6.09 Å². The highest BCUT2D eigenvalue weighted by atomic mass is 35.5. The number of hydrogen-bond donors (Lipinski definition) is 1. The summed E-state index contributed by atoms with van der Waals surface area (Å²) in [6.45, 7) is 6.98. The SMILES string of the molecule is Cn1nc(C(=O)NCc2ccc(Cl)cc2)c2c1CCN(C(=O)OC(C)(C)C)CC2. The van der Waals surface area contributed by atoms with Gasteiger partial charge in [0, 0.05) is 49.4 Å². The largest absolute Gasteiger partial charge is 0.444 e. The first-order chi connectivity index (χ1) is 13.6. The Hall–Kier alpha value is -2.54. The van der Waals surface area contributed by atoms with E-state index in [1.165, 1.54) is 0 Å². The van der Waals surface area contributed by atoms with Gasteiger partial charge in [0.05, 0.1) is 0 Å². The van der Waals surface area contributed by atoms with Crippen molar-refractivity contribution in [3.63, 3.8) is 0 Å². The van der Waals surface area contributed by atoms with Gasteiger partial charge in [-0.25, -0.2) is 4.79 Å². The maximum Gasteiger partial charge on any atom is 0.410 e. The van der Waals surface area contributed by atoms with Crippen LogP contribution in [0.4, 0.5) is 4.79 Å². The molecule has 0 saturated carbocycles. The Morgan fingerprint density at radius 1 is 1.17 bits per heavy atom. The van der Waals surface area contributed by atoms with Gasteiger partial charge in [-0.2, -0.15) is 5.10 Å². The Kier molecular flexibility index (Phi) is 6.17. The number of halogens is 1. The number of aromatic nitrogens is 2. The quantitative estimate of drug-likeness (QED) is 0.829. The number of rotatable bonds is 3. The molecule has 29 heavy (non-hydrogen) atoms. The average molecular weight is 419 g/mol. The number of nitrogens with one attached hydrogen (secondary N) is 1. The van der Waals surface area contributed by atoms with Gasteiger partial charge in [-0.05, 0) is 44.9 Å². The van der Waals surface area contributed by atoms with E-state index < -0.39 is 5.60 Å². The van der Waals surface area contributed by atoms with Gasteiger partial charge in [0.1, 0.15) is 5.60 Å². The van der Waals surface area contributed by atoms with Crippen LogP contribution in [-0.2, 0) is 31.2 Å². The molecule has 1 aromatic carbocycles. The van der Waals surface area contributed by atoms with Crippen molar-refractivity contribution in [1.82, 2.24) is 20.0 Å². The first-order valence-electron chi connectivity index (χ1n) is 9.69. The maximum absolute atomic E-state index is 12.8. The van der Waals surface area contributed by atoms with Crippen LogP contribution in [0.5, 0.6) is 0 Å². The monoisotopic (exact) mass is 418 g/mol. The van der Waals surface area contributed by atoms with Gasteiger partial charge in [0.2, 0.25) is 0 Å². The van der Waals surface area contributed by atoms with Gasteiger partial charge in [-0.1, -0.05) is 23.7 Å². The molecule has 0 fully saturated rings. The van der Waals surface area contributed by atoms with E-state index in [0.717, 1.165) is 16.8 Å². The molecule has 0 radical (unpaired) electrons. The third kappa shape index (κ3) is 5.29. The van der Waals surface area contributed by atoms with Crippen LogP contribution in [0.3, 0.4) is 0 Å². The van der Waals surface area contributed by atoms with Crippen LogP contribution in [0.2, 0.25) is 5.02 Å². The summed E-state index contributed by atoms with van der Waals surface area (Å²) in [7, 11) is 1.83. The molecule has 156 valence electrons. The fourth-order valence-corrected chi connectivity index (χ4v) is 3.46. The second-order valence-electron chi connectivity index (χ2n) is 8.17. The molecule has 2 heterocycles. The lowest BCUT2D eigenvalue weighted by Gasteiger charge is -2.26. The number of nitrogens with zero attached hydrogens (tertiary/aromatic N) is 3. The molecular formula is C21H27ClN4O3. The van der Waals surface area contributed by atoms with E-state index in [0.29, 0.717) is 43.2 Å². The summed E-state index contributed by atoms with van der Waals surface area (Å²) in [5.41, 5.74) is 2.72. The molecule has 1 N–H and O–H groups in total. The first kappa shape index (κ1) is 21.2. The molecule has 0 bridgehead atoms. The first-order valence-corrected chi connectivity index (χ1v) is 10.1. The molecule has 0 spiro atoms. The van der Waals surface area contributed by atoms with Crippen molar-refractivity contribution in [1.29, 1.82) is 0 Å². The Bertz CT molecular complexity index is 900. The fourth-order valence-electron chi connectivity index (χ4n) is 3.34. The number of fused-ring (bicyclic) bond motifs is 1. The van der Waals surface area contributed by atoms with Crippen molar-refractivity contribution in [3.05, 3.63) is 51.8 Å². The van der Waals surface area contributed by atoms with Gasteiger partial charge < -0.3 is 15.0 Å². The minimum atomic E-state index is -0.537. The van der Waals surface area contributed by atoms with E-state index in [2.05, 4.69) is 10.4 Å². The molecular weight excluding hydrogens is 392 g/mol. The van der Waals surface area contributed by atoms with Gasteiger partial charge in [-0.3, -0.25) is 9.48 Å². The zero-order valence-electron chi connectivity index (χ0n) is 17.3. The van der Waals surface area contributed by atoms with Crippen LogP contribution in [-0.4, -0.2) is 45.4 Å². The zero-order valence-corrected chi connectivity index (χ0v) is 18.0. The summed E-state index contributed by atoms with van der Waals surface area (Å²) in [5, 5.41) is 8.02. The van der Waals surface area contributed by atoms with Gasteiger partial charge in [-0.15, -0.1) is 0 Å².